The van der Waals surface area contributed by atoms with Crippen LogP contribution >= 0.6 is 0 Å². The van der Waals surface area contributed by atoms with Crippen molar-refractivity contribution < 1.29 is 24.2 Å². The number of ether oxygens (including phenoxy) is 2. The highest BCUT2D eigenvalue weighted by Crippen LogP contribution is 2.09. The summed E-state index contributed by atoms with van der Waals surface area (Å²) in [6, 6.07) is 0. The molecular formula is C8H14O5. The van der Waals surface area contributed by atoms with Crippen molar-refractivity contribution >= 4 is 11.9 Å². The molecule has 2 atom stereocenters. The molecule has 0 amide bonds. The van der Waals surface area contributed by atoms with Gasteiger partial charge in [-0.2, -0.15) is 0 Å². The first-order chi connectivity index (χ1) is 6.02. The van der Waals surface area contributed by atoms with E-state index in [1.807, 2.05) is 0 Å². The van der Waals surface area contributed by atoms with Gasteiger partial charge in [-0.15, -0.1) is 0 Å². The Morgan fingerprint density at radius 3 is 2.23 bits per heavy atom. The van der Waals surface area contributed by atoms with Crippen LogP contribution in [0.2, 0.25) is 0 Å². The summed E-state index contributed by atoms with van der Waals surface area (Å²) in [5.74, 6) is -1.82. The number of rotatable bonds is 4. The quantitative estimate of drug-likeness (QED) is 0.617. The van der Waals surface area contributed by atoms with E-state index in [1.54, 1.807) is 0 Å². The van der Waals surface area contributed by atoms with E-state index in [9.17, 15) is 14.7 Å². The standard InChI is InChI=1S/C8H14O5/c1-5(8(11)13-3)6(9)4-7(10)12-2/h5-6,9H,4H2,1-3H3. The van der Waals surface area contributed by atoms with Gasteiger partial charge in [0.2, 0.25) is 0 Å². The van der Waals surface area contributed by atoms with Crippen molar-refractivity contribution in [3.8, 4) is 0 Å². The fraction of sp³-hybridized carbons (Fsp3) is 0.750. The Bertz CT molecular complexity index is 189. The molecule has 5 nitrogen and oxygen atoms in total. The smallest absolute Gasteiger partial charge is 0.311 e. The van der Waals surface area contributed by atoms with E-state index >= 15 is 0 Å². The number of hydrogen-bond donors (Lipinski definition) is 1. The van der Waals surface area contributed by atoms with Gasteiger partial charge in [0, 0.05) is 0 Å². The molecule has 0 aliphatic rings. The van der Waals surface area contributed by atoms with E-state index < -0.39 is 24.0 Å². The third-order valence-electron chi connectivity index (χ3n) is 1.75. The molecule has 5 heteroatoms. The number of hydrogen-bond acceptors (Lipinski definition) is 5. The van der Waals surface area contributed by atoms with Gasteiger partial charge in [-0.25, -0.2) is 0 Å². The summed E-state index contributed by atoms with van der Waals surface area (Å²) in [5, 5.41) is 9.32. The molecule has 2 unspecified atom stereocenters. The van der Waals surface area contributed by atoms with Crippen molar-refractivity contribution in [3.05, 3.63) is 0 Å². The van der Waals surface area contributed by atoms with Crippen molar-refractivity contribution in [1.82, 2.24) is 0 Å². The van der Waals surface area contributed by atoms with Crippen LogP contribution in [0, 0.1) is 5.92 Å². The number of aliphatic hydroxyl groups excluding tert-OH is 1. The molecule has 0 radical (unpaired) electrons. The molecule has 0 aromatic rings. The van der Waals surface area contributed by atoms with Gasteiger partial charge in [-0.1, -0.05) is 0 Å². The molecule has 0 saturated carbocycles. The Morgan fingerprint density at radius 1 is 1.31 bits per heavy atom. The Labute approximate surface area is 76.6 Å². The second kappa shape index (κ2) is 5.53. The molecule has 0 aliphatic heterocycles. The Hall–Kier alpha value is -1.10. The van der Waals surface area contributed by atoms with Crippen molar-refractivity contribution in [2.24, 2.45) is 5.92 Å². The average Bonchev–Trinajstić information content (AvgIpc) is 2.14. The van der Waals surface area contributed by atoms with Gasteiger partial charge < -0.3 is 14.6 Å². The fourth-order valence-corrected chi connectivity index (χ4v) is 0.774. The van der Waals surface area contributed by atoms with Crippen LogP contribution in [-0.2, 0) is 19.1 Å². The second-order valence-electron chi connectivity index (χ2n) is 2.66. The first-order valence-electron chi connectivity index (χ1n) is 3.85. The molecule has 76 valence electrons. The monoisotopic (exact) mass is 190 g/mol. The first kappa shape index (κ1) is 11.9. The highest BCUT2D eigenvalue weighted by Gasteiger charge is 2.25. The van der Waals surface area contributed by atoms with Crippen LogP contribution in [0.3, 0.4) is 0 Å². The predicted octanol–water partition coefficient (Wildman–Crippen LogP) is -0.281. The lowest BCUT2D eigenvalue weighted by atomic mass is 10.0. The van der Waals surface area contributed by atoms with Crippen LogP contribution in [0.15, 0.2) is 0 Å². The lowest BCUT2D eigenvalue weighted by molar-refractivity contribution is -0.151. The fourth-order valence-electron chi connectivity index (χ4n) is 0.774. The maximum Gasteiger partial charge on any atom is 0.311 e. The summed E-state index contributed by atoms with van der Waals surface area (Å²) in [7, 11) is 2.45. The summed E-state index contributed by atoms with van der Waals surface area (Å²) >= 11 is 0. The number of aliphatic hydroxyl groups is 1. The number of carbonyl (C=O) groups is 2. The van der Waals surface area contributed by atoms with E-state index in [4.69, 9.17) is 0 Å². The normalized spacial score (nSPS) is 14.5. The molecule has 13 heavy (non-hydrogen) atoms. The summed E-state index contributed by atoms with van der Waals surface area (Å²) in [5.41, 5.74) is 0. The Morgan fingerprint density at radius 2 is 1.85 bits per heavy atom. The van der Waals surface area contributed by atoms with Gasteiger partial charge in [0.25, 0.3) is 0 Å². The maximum absolute atomic E-state index is 10.9. The van der Waals surface area contributed by atoms with Crippen molar-refractivity contribution in [2.45, 2.75) is 19.4 Å². The molecule has 0 fully saturated rings. The zero-order valence-corrected chi connectivity index (χ0v) is 7.94. The molecule has 0 spiro atoms. The van der Waals surface area contributed by atoms with Gasteiger partial charge in [-0.3, -0.25) is 9.59 Å². The Kier molecular flexibility index (Phi) is 5.06. The third kappa shape index (κ3) is 3.89. The van der Waals surface area contributed by atoms with E-state index in [0.717, 1.165) is 0 Å². The predicted molar refractivity (Wildman–Crippen MR) is 43.8 cm³/mol. The average molecular weight is 190 g/mol. The van der Waals surface area contributed by atoms with Gasteiger partial charge in [0.15, 0.2) is 0 Å². The van der Waals surface area contributed by atoms with Crippen molar-refractivity contribution in [3.63, 3.8) is 0 Å². The van der Waals surface area contributed by atoms with Crippen molar-refractivity contribution in [2.75, 3.05) is 14.2 Å². The van der Waals surface area contributed by atoms with Crippen LogP contribution in [-0.4, -0.2) is 37.4 Å². The maximum atomic E-state index is 10.9. The highest BCUT2D eigenvalue weighted by atomic mass is 16.5. The number of methoxy groups -OCH3 is 2. The molecule has 1 N–H and O–H groups in total. The highest BCUT2D eigenvalue weighted by molar-refractivity contribution is 5.75. The molecule has 0 heterocycles. The molecule has 0 aromatic heterocycles. The van der Waals surface area contributed by atoms with Crippen LogP contribution < -0.4 is 0 Å². The van der Waals surface area contributed by atoms with E-state index in [0.29, 0.717) is 0 Å². The minimum Gasteiger partial charge on any atom is -0.469 e. The summed E-state index contributed by atoms with van der Waals surface area (Å²) < 4.78 is 8.73. The summed E-state index contributed by atoms with van der Waals surface area (Å²) in [6.07, 6.45) is -1.26. The SMILES string of the molecule is COC(=O)CC(O)C(C)C(=O)OC. The van der Waals surface area contributed by atoms with Gasteiger partial charge >= 0.3 is 11.9 Å². The summed E-state index contributed by atoms with van der Waals surface area (Å²) in [4.78, 5) is 21.6. The molecule has 0 saturated heterocycles. The topological polar surface area (TPSA) is 72.8 Å². The minimum atomic E-state index is -1.06. The van der Waals surface area contributed by atoms with Gasteiger partial charge in [-0.05, 0) is 6.92 Å². The van der Waals surface area contributed by atoms with Crippen LogP contribution in [0.1, 0.15) is 13.3 Å². The third-order valence-corrected chi connectivity index (χ3v) is 1.75. The lowest BCUT2D eigenvalue weighted by Gasteiger charge is -2.14. The van der Waals surface area contributed by atoms with Crippen molar-refractivity contribution in [1.29, 1.82) is 0 Å². The van der Waals surface area contributed by atoms with Gasteiger partial charge in [0.1, 0.15) is 0 Å². The van der Waals surface area contributed by atoms with E-state index in [2.05, 4.69) is 9.47 Å². The molecular weight excluding hydrogens is 176 g/mol. The van der Waals surface area contributed by atoms with Crippen LogP contribution in [0.4, 0.5) is 0 Å². The summed E-state index contributed by atoms with van der Waals surface area (Å²) in [6.45, 7) is 1.49. The molecule has 0 rings (SSSR count). The van der Waals surface area contributed by atoms with Gasteiger partial charge in [0.05, 0.1) is 32.7 Å². The number of carbonyl (C=O) groups excluding carboxylic acids is 2. The molecule has 0 aliphatic carbocycles. The second-order valence-corrected chi connectivity index (χ2v) is 2.66. The first-order valence-corrected chi connectivity index (χ1v) is 3.85. The number of esters is 2. The zero-order valence-electron chi connectivity index (χ0n) is 7.94. The minimum absolute atomic E-state index is 0.202. The zero-order chi connectivity index (χ0) is 10.4. The Balaban J connectivity index is 4.02. The molecule has 0 aromatic carbocycles. The van der Waals surface area contributed by atoms with Crippen LogP contribution in [0.25, 0.3) is 0 Å². The van der Waals surface area contributed by atoms with Crippen LogP contribution in [0.5, 0.6) is 0 Å². The largest absolute Gasteiger partial charge is 0.469 e. The van der Waals surface area contributed by atoms with E-state index in [1.165, 1.54) is 21.1 Å². The van der Waals surface area contributed by atoms with E-state index in [-0.39, 0.29) is 6.42 Å². The molecule has 0 bridgehead atoms. The lowest BCUT2D eigenvalue weighted by Crippen LogP contribution is -2.29.